The Morgan fingerprint density at radius 2 is 1.92 bits per heavy atom. The van der Waals surface area contributed by atoms with E-state index in [0.29, 0.717) is 6.10 Å². The third-order valence-corrected chi connectivity index (χ3v) is 4.12. The Morgan fingerprint density at radius 3 is 2.33 bits per heavy atom. The Labute approximate surface area is 84.0 Å². The van der Waals surface area contributed by atoms with Gasteiger partial charge >= 0.3 is 0 Å². The van der Waals surface area contributed by atoms with Crippen LogP contribution in [-0.2, 0) is 4.74 Å². The minimum Gasteiger partial charge on any atom is -0.381 e. The van der Waals surface area contributed by atoms with E-state index in [1.807, 2.05) is 7.11 Å². The van der Waals surface area contributed by atoms with Gasteiger partial charge in [-0.05, 0) is 37.5 Å². The highest BCUT2D eigenvalue weighted by atomic mass is 79.9. The summed E-state index contributed by atoms with van der Waals surface area (Å²) in [6.45, 7) is 2.34. The van der Waals surface area contributed by atoms with Crippen LogP contribution in [0.5, 0.6) is 0 Å². The molecule has 1 saturated carbocycles. The molecule has 1 rings (SSSR count). The molecule has 0 radical (unpaired) electrons. The van der Waals surface area contributed by atoms with Crippen molar-refractivity contribution in [2.24, 2.45) is 11.8 Å². The second kappa shape index (κ2) is 5.23. The van der Waals surface area contributed by atoms with Crippen molar-refractivity contribution in [1.82, 2.24) is 0 Å². The summed E-state index contributed by atoms with van der Waals surface area (Å²) in [5, 5.41) is 1.15. The number of alkyl halides is 1. The quantitative estimate of drug-likeness (QED) is 0.682. The molecule has 0 bridgehead atoms. The molecule has 0 aromatic carbocycles. The summed E-state index contributed by atoms with van der Waals surface area (Å²) in [5.41, 5.74) is 0. The molecule has 0 amide bonds. The van der Waals surface area contributed by atoms with E-state index in [0.717, 1.165) is 17.2 Å². The van der Waals surface area contributed by atoms with E-state index in [4.69, 9.17) is 4.74 Å². The van der Waals surface area contributed by atoms with Crippen molar-refractivity contribution in [3.05, 3.63) is 0 Å². The predicted molar refractivity (Wildman–Crippen MR) is 55.7 cm³/mol. The molecule has 1 nitrogen and oxygen atoms in total. The average molecular weight is 235 g/mol. The van der Waals surface area contributed by atoms with E-state index in [1.54, 1.807) is 0 Å². The summed E-state index contributed by atoms with van der Waals surface area (Å²) in [7, 11) is 1.83. The summed E-state index contributed by atoms with van der Waals surface area (Å²) < 4.78 is 5.34. The number of methoxy groups -OCH3 is 1. The maximum absolute atomic E-state index is 5.34. The predicted octanol–water partition coefficient (Wildman–Crippen LogP) is 3.22. The summed E-state index contributed by atoms with van der Waals surface area (Å²) in [5.74, 6) is 1.76. The van der Waals surface area contributed by atoms with E-state index in [-0.39, 0.29) is 0 Å². The molecule has 0 saturated heterocycles. The first-order chi connectivity index (χ1) is 5.77. The van der Waals surface area contributed by atoms with Gasteiger partial charge in [-0.15, -0.1) is 0 Å². The third-order valence-electron chi connectivity index (χ3n) is 3.10. The molecule has 0 spiro atoms. The molecule has 0 aromatic heterocycles. The van der Waals surface area contributed by atoms with Gasteiger partial charge in [0.1, 0.15) is 0 Å². The van der Waals surface area contributed by atoms with Crippen molar-refractivity contribution in [3.63, 3.8) is 0 Å². The first-order valence-corrected chi connectivity index (χ1v) is 5.98. The lowest BCUT2D eigenvalue weighted by atomic mass is 9.80. The van der Waals surface area contributed by atoms with Gasteiger partial charge in [-0.2, -0.15) is 0 Å². The normalized spacial score (nSPS) is 33.2. The van der Waals surface area contributed by atoms with Crippen LogP contribution >= 0.6 is 15.9 Å². The number of rotatable bonds is 3. The molecule has 1 aliphatic carbocycles. The zero-order chi connectivity index (χ0) is 8.97. The van der Waals surface area contributed by atoms with Crippen molar-refractivity contribution in [2.45, 2.75) is 38.7 Å². The van der Waals surface area contributed by atoms with Gasteiger partial charge in [-0.1, -0.05) is 22.9 Å². The van der Waals surface area contributed by atoms with Gasteiger partial charge in [0.2, 0.25) is 0 Å². The molecule has 0 aliphatic heterocycles. The first-order valence-electron chi connectivity index (χ1n) is 4.86. The summed E-state index contributed by atoms with van der Waals surface area (Å²) in [4.78, 5) is 0. The number of ether oxygens (including phenoxy) is 1. The Kier molecular flexibility index (Phi) is 4.59. The van der Waals surface area contributed by atoms with Gasteiger partial charge in [0.05, 0.1) is 6.10 Å². The van der Waals surface area contributed by atoms with E-state index < -0.39 is 0 Å². The fourth-order valence-electron chi connectivity index (χ4n) is 2.02. The lowest BCUT2D eigenvalue weighted by Gasteiger charge is -2.30. The van der Waals surface area contributed by atoms with Crippen LogP contribution < -0.4 is 0 Å². The van der Waals surface area contributed by atoms with E-state index >= 15 is 0 Å². The molecule has 0 heterocycles. The largest absolute Gasteiger partial charge is 0.381 e. The molecule has 1 atom stereocenters. The van der Waals surface area contributed by atoms with Gasteiger partial charge in [-0.25, -0.2) is 0 Å². The van der Waals surface area contributed by atoms with E-state index in [2.05, 4.69) is 22.9 Å². The molecule has 0 aromatic rings. The van der Waals surface area contributed by atoms with Crippen LogP contribution in [0.1, 0.15) is 32.6 Å². The fourth-order valence-corrected chi connectivity index (χ4v) is 2.55. The molecule has 2 heteroatoms. The van der Waals surface area contributed by atoms with Gasteiger partial charge in [-0.3, -0.25) is 0 Å². The van der Waals surface area contributed by atoms with Crippen LogP contribution in [0.4, 0.5) is 0 Å². The van der Waals surface area contributed by atoms with Crippen molar-refractivity contribution in [2.75, 3.05) is 12.4 Å². The Hall–Kier alpha value is 0.440. The van der Waals surface area contributed by atoms with Gasteiger partial charge in [0.25, 0.3) is 0 Å². The average Bonchev–Trinajstić information content (AvgIpc) is 2.17. The Balaban J connectivity index is 2.25. The Bertz CT molecular complexity index is 119. The van der Waals surface area contributed by atoms with Gasteiger partial charge < -0.3 is 4.74 Å². The number of hydrogen-bond donors (Lipinski definition) is 0. The van der Waals surface area contributed by atoms with Crippen LogP contribution in [0.25, 0.3) is 0 Å². The van der Waals surface area contributed by atoms with Crippen molar-refractivity contribution in [1.29, 1.82) is 0 Å². The monoisotopic (exact) mass is 234 g/mol. The van der Waals surface area contributed by atoms with Crippen molar-refractivity contribution >= 4 is 15.9 Å². The standard InChI is InChI=1S/C10H19BrO/c1-8(7-11)9-3-5-10(12-2)6-4-9/h8-10H,3-7H2,1-2H3. The molecule has 0 N–H and O–H groups in total. The van der Waals surface area contributed by atoms with Crippen LogP contribution in [0.2, 0.25) is 0 Å². The minimum atomic E-state index is 0.545. The van der Waals surface area contributed by atoms with Crippen LogP contribution in [-0.4, -0.2) is 18.5 Å². The lowest BCUT2D eigenvalue weighted by Crippen LogP contribution is -2.24. The minimum absolute atomic E-state index is 0.545. The maximum atomic E-state index is 5.34. The lowest BCUT2D eigenvalue weighted by molar-refractivity contribution is 0.0499. The van der Waals surface area contributed by atoms with Gasteiger partial charge in [0.15, 0.2) is 0 Å². The van der Waals surface area contributed by atoms with Crippen molar-refractivity contribution < 1.29 is 4.74 Å². The van der Waals surface area contributed by atoms with Crippen molar-refractivity contribution in [3.8, 4) is 0 Å². The smallest absolute Gasteiger partial charge is 0.0571 e. The number of halogens is 1. The topological polar surface area (TPSA) is 9.23 Å². The van der Waals surface area contributed by atoms with Crippen LogP contribution in [0.3, 0.4) is 0 Å². The zero-order valence-corrected chi connectivity index (χ0v) is 9.64. The van der Waals surface area contributed by atoms with Crippen LogP contribution in [0.15, 0.2) is 0 Å². The SMILES string of the molecule is COC1CCC(C(C)CBr)CC1. The molecule has 72 valence electrons. The second-order valence-corrected chi connectivity index (χ2v) is 4.55. The number of hydrogen-bond acceptors (Lipinski definition) is 1. The second-order valence-electron chi connectivity index (χ2n) is 3.90. The highest BCUT2D eigenvalue weighted by Gasteiger charge is 2.24. The highest BCUT2D eigenvalue weighted by molar-refractivity contribution is 9.09. The molecule has 1 fully saturated rings. The fraction of sp³-hybridized carbons (Fsp3) is 1.00. The zero-order valence-electron chi connectivity index (χ0n) is 8.05. The third kappa shape index (κ3) is 2.74. The van der Waals surface area contributed by atoms with Gasteiger partial charge in [0, 0.05) is 12.4 Å². The molecule has 1 unspecified atom stereocenters. The highest BCUT2D eigenvalue weighted by Crippen LogP contribution is 2.31. The van der Waals surface area contributed by atoms with E-state index in [9.17, 15) is 0 Å². The Morgan fingerprint density at radius 1 is 1.33 bits per heavy atom. The molecule has 1 aliphatic rings. The summed E-state index contributed by atoms with van der Waals surface area (Å²) in [6, 6.07) is 0. The molecular weight excluding hydrogens is 216 g/mol. The maximum Gasteiger partial charge on any atom is 0.0571 e. The van der Waals surface area contributed by atoms with Crippen LogP contribution in [0, 0.1) is 11.8 Å². The first kappa shape index (κ1) is 10.5. The summed E-state index contributed by atoms with van der Waals surface area (Å²) in [6.07, 6.45) is 5.77. The molecular formula is C10H19BrO. The molecule has 12 heavy (non-hydrogen) atoms. The van der Waals surface area contributed by atoms with E-state index in [1.165, 1.54) is 25.7 Å². The summed E-state index contributed by atoms with van der Waals surface area (Å²) >= 11 is 3.55.